The first kappa shape index (κ1) is 20.9. The smallest absolute Gasteiger partial charge is 0.115 e. The van der Waals surface area contributed by atoms with Gasteiger partial charge in [0.05, 0.1) is 5.54 Å². The van der Waals surface area contributed by atoms with Gasteiger partial charge < -0.3 is 5.11 Å². The Labute approximate surface area is 194 Å². The molecule has 1 atom stereocenters. The van der Waals surface area contributed by atoms with Crippen molar-refractivity contribution in [2.45, 2.75) is 17.2 Å². The van der Waals surface area contributed by atoms with E-state index in [9.17, 15) is 5.11 Å². The molecule has 4 aromatic rings. The van der Waals surface area contributed by atoms with E-state index in [0.29, 0.717) is 11.0 Å². The van der Waals surface area contributed by atoms with E-state index in [4.69, 9.17) is 0 Å². The third-order valence-corrected chi connectivity index (χ3v) is 7.59. The lowest BCUT2D eigenvalue weighted by Crippen LogP contribution is -2.47. The molecule has 2 nitrogen and oxygen atoms in total. The van der Waals surface area contributed by atoms with Crippen molar-refractivity contribution >= 4 is 11.8 Å². The Hall–Kier alpha value is -3.01. The highest BCUT2D eigenvalue weighted by Crippen LogP contribution is 2.46. The number of hydrogen-bond acceptors (Lipinski definition) is 3. The number of thioether (sulfide) groups is 1. The molecule has 0 aliphatic carbocycles. The van der Waals surface area contributed by atoms with E-state index >= 15 is 0 Å². The number of hydrogen-bond donors (Lipinski definition) is 1. The molecule has 0 aromatic heterocycles. The highest BCUT2D eigenvalue weighted by Gasteiger charge is 2.45. The van der Waals surface area contributed by atoms with Crippen LogP contribution in [0.3, 0.4) is 0 Å². The Morgan fingerprint density at radius 3 is 1.62 bits per heavy atom. The van der Waals surface area contributed by atoms with Gasteiger partial charge >= 0.3 is 0 Å². The van der Waals surface area contributed by atoms with Crippen molar-refractivity contribution in [3.63, 3.8) is 0 Å². The van der Waals surface area contributed by atoms with E-state index in [1.165, 1.54) is 22.3 Å². The molecule has 1 saturated heterocycles. The summed E-state index contributed by atoms with van der Waals surface area (Å²) >= 11 is 2.02. The molecule has 4 aromatic carbocycles. The quantitative estimate of drug-likeness (QED) is 0.358. The summed E-state index contributed by atoms with van der Waals surface area (Å²) in [4.78, 5) is 2.64. The van der Waals surface area contributed by atoms with Gasteiger partial charge in [0.1, 0.15) is 5.75 Å². The highest BCUT2D eigenvalue weighted by molar-refractivity contribution is 8.00. The van der Waals surface area contributed by atoms with Crippen LogP contribution in [0.15, 0.2) is 115 Å². The van der Waals surface area contributed by atoms with Crippen LogP contribution in [-0.4, -0.2) is 27.7 Å². The van der Waals surface area contributed by atoms with Gasteiger partial charge in [0.15, 0.2) is 0 Å². The van der Waals surface area contributed by atoms with Crippen molar-refractivity contribution in [3.05, 3.63) is 138 Å². The maximum Gasteiger partial charge on any atom is 0.115 e. The predicted octanol–water partition coefficient (Wildman–Crippen LogP) is 6.30. The largest absolute Gasteiger partial charge is 0.508 e. The average molecular weight is 438 g/mol. The van der Waals surface area contributed by atoms with Gasteiger partial charge in [-0.05, 0) is 40.8 Å². The Kier molecular flexibility index (Phi) is 6.02. The van der Waals surface area contributed by atoms with Gasteiger partial charge in [-0.25, -0.2) is 0 Å². The Morgan fingerprint density at radius 2 is 1.16 bits per heavy atom. The summed E-state index contributed by atoms with van der Waals surface area (Å²) in [7, 11) is 0. The molecule has 0 spiro atoms. The zero-order valence-corrected chi connectivity index (χ0v) is 18.8. The van der Waals surface area contributed by atoms with Gasteiger partial charge in [0.25, 0.3) is 0 Å². The molecule has 5 rings (SSSR count). The normalized spacial score (nSPS) is 16.8. The minimum absolute atomic E-state index is 0.325. The summed E-state index contributed by atoms with van der Waals surface area (Å²) in [6.45, 7) is 0.990. The van der Waals surface area contributed by atoms with Crippen molar-refractivity contribution in [1.29, 1.82) is 0 Å². The minimum Gasteiger partial charge on any atom is -0.508 e. The predicted molar refractivity (Wildman–Crippen MR) is 134 cm³/mol. The highest BCUT2D eigenvalue weighted by atomic mass is 32.2. The first-order valence-electron chi connectivity index (χ1n) is 11.1. The number of nitrogens with zero attached hydrogens (tertiary/aromatic N) is 1. The maximum absolute atomic E-state index is 9.63. The number of aromatic hydroxyl groups is 1. The van der Waals surface area contributed by atoms with Crippen LogP contribution in [0.5, 0.6) is 5.75 Å². The minimum atomic E-state index is -0.347. The zero-order valence-electron chi connectivity index (χ0n) is 18.0. The lowest BCUT2D eigenvalue weighted by Gasteiger charge is -2.43. The van der Waals surface area contributed by atoms with Crippen LogP contribution in [-0.2, 0) is 12.0 Å². The van der Waals surface area contributed by atoms with Crippen LogP contribution >= 0.6 is 11.8 Å². The average Bonchev–Trinajstić information content (AvgIpc) is 3.32. The van der Waals surface area contributed by atoms with Crippen LogP contribution in [0, 0.1) is 0 Å². The number of rotatable bonds is 6. The molecule has 1 N–H and O–H groups in total. The fraction of sp³-hybridized carbons (Fsp3) is 0.172. The van der Waals surface area contributed by atoms with E-state index in [-0.39, 0.29) is 5.54 Å². The Bertz CT molecular complexity index is 1030. The van der Waals surface area contributed by atoms with Crippen LogP contribution in [0.1, 0.15) is 22.3 Å². The van der Waals surface area contributed by atoms with Crippen molar-refractivity contribution in [3.8, 4) is 5.75 Å². The SMILES string of the molecule is Oc1ccc(CC2CN(C(c3ccccc3)(c3ccccc3)c3ccccc3)CS2)cc1. The molecule has 1 unspecified atom stereocenters. The van der Waals surface area contributed by atoms with E-state index < -0.39 is 0 Å². The number of phenolic OH excluding ortho intramolecular Hbond substituents is 1. The van der Waals surface area contributed by atoms with Gasteiger partial charge in [0, 0.05) is 17.7 Å². The molecule has 0 amide bonds. The lowest BCUT2D eigenvalue weighted by atomic mass is 9.75. The lowest BCUT2D eigenvalue weighted by molar-refractivity contribution is 0.202. The number of phenols is 1. The molecule has 0 saturated carbocycles. The molecular weight excluding hydrogens is 410 g/mol. The molecule has 0 bridgehead atoms. The topological polar surface area (TPSA) is 23.5 Å². The fourth-order valence-corrected chi connectivity index (χ4v) is 6.17. The maximum atomic E-state index is 9.63. The first-order valence-corrected chi connectivity index (χ1v) is 12.1. The Balaban J connectivity index is 1.58. The van der Waals surface area contributed by atoms with Crippen molar-refractivity contribution in [1.82, 2.24) is 4.90 Å². The molecule has 1 aliphatic rings. The van der Waals surface area contributed by atoms with Crippen LogP contribution in [0.2, 0.25) is 0 Å². The van der Waals surface area contributed by atoms with Gasteiger partial charge in [-0.1, -0.05) is 103 Å². The molecule has 32 heavy (non-hydrogen) atoms. The second-order valence-electron chi connectivity index (χ2n) is 8.32. The Morgan fingerprint density at radius 1 is 0.688 bits per heavy atom. The summed E-state index contributed by atoms with van der Waals surface area (Å²) in [5, 5.41) is 10.1. The van der Waals surface area contributed by atoms with Crippen molar-refractivity contribution in [2.75, 3.05) is 12.4 Å². The van der Waals surface area contributed by atoms with Crippen LogP contribution in [0.25, 0.3) is 0 Å². The number of benzene rings is 4. The van der Waals surface area contributed by atoms with Crippen molar-refractivity contribution in [2.24, 2.45) is 0 Å². The first-order chi connectivity index (χ1) is 15.8. The van der Waals surface area contributed by atoms with Gasteiger partial charge in [0.2, 0.25) is 0 Å². The van der Waals surface area contributed by atoms with Gasteiger partial charge in [-0.15, -0.1) is 11.8 Å². The second-order valence-corrected chi connectivity index (χ2v) is 9.58. The summed E-state index contributed by atoms with van der Waals surface area (Å²) in [5.41, 5.74) is 4.81. The molecular formula is C29H27NOS. The van der Waals surface area contributed by atoms with E-state index in [1.807, 2.05) is 23.9 Å². The summed E-state index contributed by atoms with van der Waals surface area (Å²) < 4.78 is 0. The van der Waals surface area contributed by atoms with E-state index in [2.05, 4.69) is 95.9 Å². The van der Waals surface area contributed by atoms with Crippen LogP contribution in [0.4, 0.5) is 0 Å². The monoisotopic (exact) mass is 437 g/mol. The zero-order chi connectivity index (χ0) is 21.8. The van der Waals surface area contributed by atoms with E-state index in [1.54, 1.807) is 12.1 Å². The van der Waals surface area contributed by atoms with Crippen molar-refractivity contribution < 1.29 is 5.11 Å². The summed E-state index contributed by atoms with van der Waals surface area (Å²) in [6.07, 6.45) is 0.996. The summed E-state index contributed by atoms with van der Waals surface area (Å²) in [6, 6.07) is 40.4. The third-order valence-electron chi connectivity index (χ3n) is 6.34. The molecule has 0 radical (unpaired) electrons. The van der Waals surface area contributed by atoms with Gasteiger partial charge in [-0.3, -0.25) is 4.90 Å². The molecule has 3 heteroatoms. The third kappa shape index (κ3) is 3.94. The molecule has 1 aliphatic heterocycles. The molecule has 1 fully saturated rings. The standard InChI is InChI=1S/C29H27NOS/c31-27-18-16-23(17-19-27)20-28-21-30(22-32-28)29(24-10-4-1-5-11-24,25-12-6-2-7-13-25)26-14-8-3-9-15-26/h1-19,28,31H,20-22H2. The summed E-state index contributed by atoms with van der Waals surface area (Å²) in [5.74, 6) is 1.28. The second kappa shape index (κ2) is 9.23. The van der Waals surface area contributed by atoms with Gasteiger partial charge in [-0.2, -0.15) is 0 Å². The molecule has 1 heterocycles. The molecule has 160 valence electrons. The van der Waals surface area contributed by atoms with E-state index in [0.717, 1.165) is 18.8 Å². The fourth-order valence-electron chi connectivity index (χ4n) is 4.88. The van der Waals surface area contributed by atoms with Crippen LogP contribution < -0.4 is 0 Å².